The number of hydrogen-bond acceptors (Lipinski definition) is 2. The van der Waals surface area contributed by atoms with Gasteiger partial charge in [-0.1, -0.05) is 340 Å². The zero-order valence-corrected chi connectivity index (χ0v) is 65.3. The van der Waals surface area contributed by atoms with Gasteiger partial charge in [0.25, 0.3) is 0 Å². The van der Waals surface area contributed by atoms with Crippen LogP contribution in [0.15, 0.2) is 268 Å². The highest BCUT2D eigenvalue weighted by Crippen LogP contribution is 2.49. The fourth-order valence-electron chi connectivity index (χ4n) is 17.3. The molecule has 106 heavy (non-hydrogen) atoms. The zero-order valence-electron chi connectivity index (χ0n) is 65.3. The van der Waals surface area contributed by atoms with Crippen LogP contribution in [-0.4, -0.2) is 0 Å². The van der Waals surface area contributed by atoms with Gasteiger partial charge in [-0.2, -0.15) is 0 Å². The Morgan fingerprint density at radius 1 is 0.274 bits per heavy atom. The number of hydrogen-bond donors (Lipinski definition) is 0. The maximum Gasteiger partial charge on any atom is 0.0462 e. The van der Waals surface area contributed by atoms with Gasteiger partial charge in [-0.25, -0.2) is 0 Å². The standard InChI is InChI=1S/C104H116N2/c1-11-19-21-23-25-27-33-85-75-99(83-51-63-91(64-52-83)105(93-67-55-87(56-68-93)103(9,71-13-3)72-14-4)89-59-47-81(48-60-89)79-43-39-77(17-7)40-44-79)95-35-29-31-37-97(95)101(85)102-86(34-28-26-24-22-20-12-2)76-100(96-36-30-32-38-98(96)102)84-53-65-92(66-54-84)106(94-69-57-88(58-70-94)104(10,73-15-5)74-16-6)90-61-49-82(50-62-90)80-45-41-78(18-8)42-46-80/h17-18,29-32,35-70,75-76H,7-8,11-16,19-28,33-34,71-74H2,1-6,9-10H3. The molecule has 0 saturated heterocycles. The quantitative estimate of drug-likeness (QED) is 0.0358. The lowest BCUT2D eigenvalue weighted by Gasteiger charge is -2.31. The van der Waals surface area contributed by atoms with Crippen molar-refractivity contribution in [3.63, 3.8) is 0 Å². The van der Waals surface area contributed by atoms with Gasteiger partial charge in [0.1, 0.15) is 0 Å². The largest absolute Gasteiger partial charge is 0.311 e. The summed E-state index contributed by atoms with van der Waals surface area (Å²) in [5.41, 5.74) is 27.8. The number of unbranched alkanes of at least 4 members (excludes halogenated alkanes) is 10. The molecule has 0 bridgehead atoms. The number of aryl methyl sites for hydroxylation is 2. The molecule has 0 spiro atoms. The Morgan fingerprint density at radius 2 is 0.528 bits per heavy atom. The van der Waals surface area contributed by atoms with E-state index in [4.69, 9.17) is 0 Å². The summed E-state index contributed by atoms with van der Waals surface area (Å²) in [5, 5.41) is 5.26. The van der Waals surface area contributed by atoms with Gasteiger partial charge in [-0.15, -0.1) is 0 Å². The Kier molecular flexibility index (Phi) is 26.1. The summed E-state index contributed by atoms with van der Waals surface area (Å²) < 4.78 is 0. The predicted octanol–water partition coefficient (Wildman–Crippen LogP) is 32.1. The Balaban J connectivity index is 0.967. The van der Waals surface area contributed by atoms with E-state index in [0.29, 0.717) is 0 Å². The molecule has 2 nitrogen and oxygen atoms in total. The Labute approximate surface area is 638 Å². The highest BCUT2D eigenvalue weighted by atomic mass is 15.1. The molecule has 542 valence electrons. The lowest BCUT2D eigenvalue weighted by Crippen LogP contribution is -2.21. The Bertz CT molecular complexity index is 4460. The first-order valence-electron chi connectivity index (χ1n) is 40.7. The minimum absolute atomic E-state index is 0.141. The van der Waals surface area contributed by atoms with E-state index in [1.165, 1.54) is 215 Å². The zero-order chi connectivity index (χ0) is 73.8. The van der Waals surface area contributed by atoms with Gasteiger partial charge in [0, 0.05) is 34.1 Å². The van der Waals surface area contributed by atoms with Crippen molar-refractivity contribution in [2.75, 3.05) is 9.80 Å². The van der Waals surface area contributed by atoms with Crippen LogP contribution < -0.4 is 9.80 Å². The van der Waals surface area contributed by atoms with Crippen LogP contribution in [0.1, 0.15) is 217 Å². The van der Waals surface area contributed by atoms with Gasteiger partial charge in [0.15, 0.2) is 0 Å². The van der Waals surface area contributed by atoms with Crippen LogP contribution in [0, 0.1) is 0 Å². The van der Waals surface area contributed by atoms with Crippen molar-refractivity contribution in [1.29, 1.82) is 0 Å². The number of anilines is 6. The van der Waals surface area contributed by atoms with Crippen molar-refractivity contribution in [3.8, 4) is 55.6 Å². The fourth-order valence-corrected chi connectivity index (χ4v) is 17.3. The van der Waals surface area contributed by atoms with Crippen LogP contribution >= 0.6 is 0 Å². The molecule has 0 atom stereocenters. The van der Waals surface area contributed by atoms with Gasteiger partial charge in [0.2, 0.25) is 0 Å². The van der Waals surface area contributed by atoms with Gasteiger partial charge in [0.05, 0.1) is 0 Å². The first kappa shape index (κ1) is 75.9. The molecule has 0 aliphatic rings. The van der Waals surface area contributed by atoms with Crippen LogP contribution in [0.4, 0.5) is 34.1 Å². The molecule has 0 saturated carbocycles. The first-order valence-corrected chi connectivity index (χ1v) is 40.7. The van der Waals surface area contributed by atoms with Crippen LogP contribution in [0.5, 0.6) is 0 Å². The Morgan fingerprint density at radius 3 is 0.811 bits per heavy atom. The van der Waals surface area contributed by atoms with Crippen LogP contribution in [-0.2, 0) is 23.7 Å². The maximum absolute atomic E-state index is 4.00. The second-order valence-corrected chi connectivity index (χ2v) is 30.8. The summed E-state index contributed by atoms with van der Waals surface area (Å²) in [5.74, 6) is 0. The average Bonchev–Trinajstić information content (AvgIpc) is 0.730. The summed E-state index contributed by atoms with van der Waals surface area (Å²) in [6.45, 7) is 26.9. The predicted molar refractivity (Wildman–Crippen MR) is 467 cm³/mol. The SMILES string of the molecule is C=Cc1ccc(-c2ccc(N(c3ccc(-c4cc(CCCCCCCC)c(-c5c(CCCCCCCC)cc(-c6ccc(N(c7ccc(-c8ccc(C=C)cc8)cc7)c7ccc(C(C)(CCC)CCC)cc7)cc6)c6ccccc56)c5ccccc45)cc3)c3ccc(C(C)(CCC)CCC)cc3)cc2)cc1. The molecule has 2 heteroatoms. The molecular weight excluding hydrogens is 1280 g/mol. The van der Waals surface area contributed by atoms with Crippen molar-refractivity contribution in [2.24, 2.45) is 0 Å². The second kappa shape index (κ2) is 36.5. The molecule has 12 aromatic rings. The molecule has 0 N–H and O–H groups in total. The van der Waals surface area contributed by atoms with Crippen molar-refractivity contribution < 1.29 is 0 Å². The molecule has 0 amide bonds. The molecule has 12 aromatic carbocycles. The molecule has 0 radical (unpaired) electrons. The number of benzene rings is 12. The molecule has 12 rings (SSSR count). The molecule has 0 unspecified atom stereocenters. The maximum atomic E-state index is 4.00. The summed E-state index contributed by atoms with van der Waals surface area (Å²) >= 11 is 0. The minimum Gasteiger partial charge on any atom is -0.311 e. The van der Waals surface area contributed by atoms with E-state index in [1.807, 2.05) is 12.2 Å². The normalized spacial score (nSPS) is 11.7. The smallest absolute Gasteiger partial charge is 0.0462 e. The van der Waals surface area contributed by atoms with Crippen molar-refractivity contribution in [3.05, 3.63) is 301 Å². The van der Waals surface area contributed by atoms with Crippen molar-refractivity contribution in [1.82, 2.24) is 0 Å². The molecular formula is C104H116N2. The first-order chi connectivity index (χ1) is 51.9. The highest BCUT2D eigenvalue weighted by molar-refractivity contribution is 6.14. The molecule has 0 aromatic heterocycles. The van der Waals surface area contributed by atoms with E-state index in [0.717, 1.165) is 70.9 Å². The fraction of sp³-hybridized carbons (Fsp3) is 0.308. The van der Waals surface area contributed by atoms with E-state index >= 15 is 0 Å². The summed E-state index contributed by atoms with van der Waals surface area (Å²) in [6.07, 6.45) is 30.2. The summed E-state index contributed by atoms with van der Waals surface area (Å²) in [6, 6.07) is 97.8. The average molecular weight is 1390 g/mol. The number of rotatable bonds is 37. The third kappa shape index (κ3) is 17.5. The molecule has 0 fully saturated rings. The van der Waals surface area contributed by atoms with Gasteiger partial charge in [-0.3, -0.25) is 0 Å². The molecule has 0 aliphatic carbocycles. The van der Waals surface area contributed by atoms with E-state index in [1.54, 1.807) is 0 Å². The van der Waals surface area contributed by atoms with Crippen LogP contribution in [0.2, 0.25) is 0 Å². The van der Waals surface area contributed by atoms with Crippen LogP contribution in [0.25, 0.3) is 89.3 Å². The lowest BCUT2D eigenvalue weighted by atomic mass is 9.75. The van der Waals surface area contributed by atoms with Gasteiger partial charge < -0.3 is 9.80 Å². The van der Waals surface area contributed by atoms with E-state index < -0.39 is 0 Å². The lowest BCUT2D eigenvalue weighted by molar-refractivity contribution is 0.392. The van der Waals surface area contributed by atoms with E-state index in [2.05, 4.69) is 333 Å². The monoisotopic (exact) mass is 1390 g/mol. The van der Waals surface area contributed by atoms with Crippen LogP contribution in [0.3, 0.4) is 0 Å². The number of fused-ring (bicyclic) bond motifs is 2. The second-order valence-electron chi connectivity index (χ2n) is 30.8. The molecule has 0 aliphatic heterocycles. The van der Waals surface area contributed by atoms with Crippen molar-refractivity contribution in [2.45, 2.75) is 207 Å². The highest BCUT2D eigenvalue weighted by Gasteiger charge is 2.28. The third-order valence-corrected chi connectivity index (χ3v) is 23.0. The third-order valence-electron chi connectivity index (χ3n) is 23.0. The Hall–Kier alpha value is -9.76. The summed E-state index contributed by atoms with van der Waals surface area (Å²) in [4.78, 5) is 4.90. The van der Waals surface area contributed by atoms with Gasteiger partial charge in [-0.05, 0) is 258 Å². The van der Waals surface area contributed by atoms with E-state index in [9.17, 15) is 0 Å². The van der Waals surface area contributed by atoms with Crippen molar-refractivity contribution >= 4 is 67.8 Å². The topological polar surface area (TPSA) is 6.48 Å². The molecule has 0 heterocycles. The minimum atomic E-state index is 0.141. The summed E-state index contributed by atoms with van der Waals surface area (Å²) in [7, 11) is 0. The number of nitrogens with zero attached hydrogens (tertiary/aromatic N) is 2. The van der Waals surface area contributed by atoms with Gasteiger partial charge >= 0.3 is 0 Å². The van der Waals surface area contributed by atoms with E-state index in [-0.39, 0.29) is 10.8 Å².